The minimum Gasteiger partial charge on any atom is -0.378 e. The van der Waals surface area contributed by atoms with Gasteiger partial charge in [0.25, 0.3) is 0 Å². The van der Waals surface area contributed by atoms with Gasteiger partial charge in [-0.25, -0.2) is 4.98 Å². The Bertz CT molecular complexity index is 310. The summed E-state index contributed by atoms with van der Waals surface area (Å²) in [5.41, 5.74) is 6.87. The normalized spacial score (nSPS) is 13.5. The lowest BCUT2D eigenvalue weighted by Gasteiger charge is -2.05. The molecule has 4 nitrogen and oxygen atoms in total. The van der Waals surface area contributed by atoms with Crippen molar-refractivity contribution in [2.45, 2.75) is 26.1 Å². The van der Waals surface area contributed by atoms with Crippen LogP contribution in [-0.2, 0) is 17.9 Å². The molecule has 0 saturated carbocycles. The lowest BCUT2D eigenvalue weighted by Crippen LogP contribution is -2.10. The predicted octanol–water partition coefficient (Wildman–Crippen LogP) is 1.37. The maximum atomic E-state index is 5.89. The van der Waals surface area contributed by atoms with Crippen molar-refractivity contribution in [3.63, 3.8) is 0 Å². The Morgan fingerprint density at radius 1 is 1.53 bits per heavy atom. The third kappa shape index (κ3) is 3.53. The lowest BCUT2D eigenvalue weighted by atomic mass is 10.2. The maximum Gasteiger partial charge on any atom is 0.107 e. The largest absolute Gasteiger partial charge is 0.378 e. The van der Waals surface area contributed by atoms with Gasteiger partial charge in [-0.15, -0.1) is 11.3 Å². The van der Waals surface area contributed by atoms with Crippen molar-refractivity contribution in [2.24, 2.45) is 5.73 Å². The molecule has 0 aliphatic carbocycles. The zero-order valence-electron chi connectivity index (χ0n) is 9.78. The van der Waals surface area contributed by atoms with Crippen LogP contribution in [0, 0.1) is 0 Å². The lowest BCUT2D eigenvalue weighted by molar-refractivity contribution is 0.180. The summed E-state index contributed by atoms with van der Waals surface area (Å²) >= 11 is 1.68. The Morgan fingerprint density at radius 3 is 2.67 bits per heavy atom. The van der Waals surface area contributed by atoms with Gasteiger partial charge in [0.15, 0.2) is 0 Å². The molecule has 0 amide bonds. The van der Waals surface area contributed by atoms with Crippen molar-refractivity contribution >= 4 is 11.3 Å². The van der Waals surface area contributed by atoms with Crippen LogP contribution in [0.15, 0.2) is 0 Å². The number of aromatic nitrogens is 1. The highest BCUT2D eigenvalue weighted by Gasteiger charge is 2.14. The first-order valence-electron chi connectivity index (χ1n) is 4.92. The molecule has 0 aliphatic heterocycles. The summed E-state index contributed by atoms with van der Waals surface area (Å²) in [6, 6.07) is 0.0311. The molecule has 86 valence electrons. The molecule has 0 aromatic carbocycles. The van der Waals surface area contributed by atoms with E-state index in [9.17, 15) is 0 Å². The fourth-order valence-corrected chi connectivity index (χ4v) is 2.49. The van der Waals surface area contributed by atoms with E-state index in [1.54, 1.807) is 18.4 Å². The number of methoxy groups -OCH3 is 1. The molecule has 0 fully saturated rings. The first kappa shape index (κ1) is 12.6. The summed E-state index contributed by atoms with van der Waals surface area (Å²) in [4.78, 5) is 7.76. The summed E-state index contributed by atoms with van der Waals surface area (Å²) < 4.78 is 5.11. The van der Waals surface area contributed by atoms with E-state index in [-0.39, 0.29) is 6.04 Å². The molecule has 0 aliphatic rings. The van der Waals surface area contributed by atoms with E-state index in [0.717, 1.165) is 22.1 Å². The van der Waals surface area contributed by atoms with Gasteiger partial charge < -0.3 is 15.4 Å². The second-order valence-corrected chi connectivity index (χ2v) is 4.99. The molecule has 1 rings (SSSR count). The van der Waals surface area contributed by atoms with Crippen molar-refractivity contribution in [2.75, 3.05) is 21.2 Å². The Labute approximate surface area is 95.1 Å². The summed E-state index contributed by atoms with van der Waals surface area (Å²) in [7, 11) is 5.74. The van der Waals surface area contributed by atoms with Crippen LogP contribution in [0.2, 0.25) is 0 Å². The molecule has 1 atom stereocenters. The molecule has 1 aromatic heterocycles. The number of nitrogens with zero attached hydrogens (tertiary/aromatic N) is 2. The van der Waals surface area contributed by atoms with E-state index in [1.165, 1.54) is 0 Å². The molecule has 5 heteroatoms. The standard InChI is InChI=1S/C10H19N3OS/c1-7(11)10-8(6-14-4)12-9(15-10)5-13(2)3/h7H,5-6,11H2,1-4H3. The first-order chi connectivity index (χ1) is 7.04. The van der Waals surface area contributed by atoms with Crippen molar-refractivity contribution in [3.8, 4) is 0 Å². The Hall–Kier alpha value is -0.490. The van der Waals surface area contributed by atoms with Crippen molar-refractivity contribution in [1.82, 2.24) is 9.88 Å². The van der Waals surface area contributed by atoms with Gasteiger partial charge in [-0.05, 0) is 21.0 Å². The summed E-state index contributed by atoms with van der Waals surface area (Å²) in [5.74, 6) is 0. The van der Waals surface area contributed by atoms with Gasteiger partial charge in [0.1, 0.15) is 5.01 Å². The van der Waals surface area contributed by atoms with E-state index in [2.05, 4.69) is 9.88 Å². The Balaban J connectivity index is 2.88. The van der Waals surface area contributed by atoms with Crippen LogP contribution in [0.5, 0.6) is 0 Å². The number of ether oxygens (including phenoxy) is 1. The highest BCUT2D eigenvalue weighted by atomic mass is 32.1. The van der Waals surface area contributed by atoms with Crippen LogP contribution in [0.4, 0.5) is 0 Å². The quantitative estimate of drug-likeness (QED) is 0.828. The molecular weight excluding hydrogens is 210 g/mol. The SMILES string of the molecule is COCc1nc(CN(C)C)sc1C(C)N. The van der Waals surface area contributed by atoms with Crippen LogP contribution in [0.25, 0.3) is 0 Å². The average molecular weight is 229 g/mol. The van der Waals surface area contributed by atoms with E-state index in [4.69, 9.17) is 10.5 Å². The molecule has 1 aromatic rings. The zero-order valence-corrected chi connectivity index (χ0v) is 10.6. The van der Waals surface area contributed by atoms with Crippen molar-refractivity contribution in [3.05, 3.63) is 15.6 Å². The third-order valence-corrected chi connectivity index (χ3v) is 3.20. The number of rotatable bonds is 5. The molecule has 0 saturated heterocycles. The number of hydrogen-bond donors (Lipinski definition) is 1. The van der Waals surface area contributed by atoms with Crippen LogP contribution in [0.3, 0.4) is 0 Å². The summed E-state index contributed by atoms with van der Waals surface area (Å²) in [6.07, 6.45) is 0. The Morgan fingerprint density at radius 2 is 2.20 bits per heavy atom. The Kier molecular flexibility index (Phi) is 4.66. The van der Waals surface area contributed by atoms with Crippen LogP contribution in [0.1, 0.15) is 28.5 Å². The number of hydrogen-bond acceptors (Lipinski definition) is 5. The molecule has 0 bridgehead atoms. The number of nitrogens with two attached hydrogens (primary N) is 1. The average Bonchev–Trinajstić information content (AvgIpc) is 2.47. The monoisotopic (exact) mass is 229 g/mol. The summed E-state index contributed by atoms with van der Waals surface area (Å²) in [5, 5.41) is 1.10. The topological polar surface area (TPSA) is 51.4 Å². The molecule has 1 unspecified atom stereocenters. The van der Waals surface area contributed by atoms with Crippen LogP contribution >= 0.6 is 11.3 Å². The van der Waals surface area contributed by atoms with Crippen molar-refractivity contribution < 1.29 is 4.74 Å². The van der Waals surface area contributed by atoms with E-state index < -0.39 is 0 Å². The molecular formula is C10H19N3OS. The smallest absolute Gasteiger partial charge is 0.107 e. The zero-order chi connectivity index (χ0) is 11.4. The van der Waals surface area contributed by atoms with Gasteiger partial charge in [0, 0.05) is 24.6 Å². The van der Waals surface area contributed by atoms with Gasteiger partial charge in [-0.1, -0.05) is 0 Å². The van der Waals surface area contributed by atoms with Gasteiger partial charge in [0.05, 0.1) is 12.3 Å². The fourth-order valence-electron chi connectivity index (χ4n) is 1.35. The van der Waals surface area contributed by atoms with Gasteiger partial charge in [-0.3, -0.25) is 0 Å². The molecule has 15 heavy (non-hydrogen) atoms. The summed E-state index contributed by atoms with van der Waals surface area (Å²) in [6.45, 7) is 3.38. The highest BCUT2D eigenvalue weighted by Crippen LogP contribution is 2.25. The molecule has 1 heterocycles. The van der Waals surface area contributed by atoms with E-state index in [0.29, 0.717) is 6.61 Å². The molecule has 2 N–H and O–H groups in total. The molecule has 0 spiro atoms. The van der Waals surface area contributed by atoms with E-state index >= 15 is 0 Å². The van der Waals surface area contributed by atoms with Gasteiger partial charge in [-0.2, -0.15) is 0 Å². The van der Waals surface area contributed by atoms with Gasteiger partial charge >= 0.3 is 0 Å². The van der Waals surface area contributed by atoms with E-state index in [1.807, 2.05) is 21.0 Å². The first-order valence-corrected chi connectivity index (χ1v) is 5.74. The minimum absolute atomic E-state index is 0.0311. The minimum atomic E-state index is 0.0311. The predicted molar refractivity (Wildman–Crippen MR) is 62.8 cm³/mol. The van der Waals surface area contributed by atoms with Crippen LogP contribution in [-0.4, -0.2) is 31.1 Å². The molecule has 0 radical (unpaired) electrons. The third-order valence-electron chi connectivity index (χ3n) is 1.92. The maximum absolute atomic E-state index is 5.89. The van der Waals surface area contributed by atoms with Gasteiger partial charge in [0.2, 0.25) is 0 Å². The van der Waals surface area contributed by atoms with Crippen molar-refractivity contribution in [1.29, 1.82) is 0 Å². The van der Waals surface area contributed by atoms with Crippen LogP contribution < -0.4 is 5.73 Å². The number of thiazole rings is 1. The highest BCUT2D eigenvalue weighted by molar-refractivity contribution is 7.11. The second kappa shape index (κ2) is 5.55. The fraction of sp³-hybridized carbons (Fsp3) is 0.700. The second-order valence-electron chi connectivity index (χ2n) is 3.88.